The lowest BCUT2D eigenvalue weighted by molar-refractivity contribution is 1.26. The van der Waals surface area contributed by atoms with E-state index < -0.39 is 0 Å². The van der Waals surface area contributed by atoms with E-state index in [-0.39, 0.29) is 0 Å². The van der Waals surface area contributed by atoms with Crippen LogP contribution in [0.2, 0.25) is 0 Å². The van der Waals surface area contributed by atoms with Crippen LogP contribution in [0.25, 0.3) is 76.8 Å². The maximum Gasteiger partial charge on any atom is -0.00132 e. The molecule has 0 spiro atoms. The number of benzene rings is 8. The maximum atomic E-state index is 2.45. The van der Waals surface area contributed by atoms with Gasteiger partial charge in [0.25, 0.3) is 0 Å². The van der Waals surface area contributed by atoms with Gasteiger partial charge in [0, 0.05) is 0 Å². The van der Waals surface area contributed by atoms with Gasteiger partial charge in [-0.05, 0) is 107 Å². The van der Waals surface area contributed by atoms with Crippen molar-refractivity contribution in [3.8, 4) is 44.5 Å². The Morgan fingerprint density at radius 2 is 0.930 bits per heavy atom. The summed E-state index contributed by atoms with van der Waals surface area (Å²) in [6.45, 7) is 0. The summed E-state index contributed by atoms with van der Waals surface area (Å²) in [5.41, 5.74) is 13.2. The highest BCUT2D eigenvalue weighted by molar-refractivity contribution is 6.22. The van der Waals surface area contributed by atoms with Crippen LogP contribution >= 0.6 is 0 Å². The van der Waals surface area contributed by atoms with Crippen molar-refractivity contribution < 1.29 is 0 Å². The summed E-state index contributed by atoms with van der Waals surface area (Å²) >= 11 is 0. The van der Waals surface area contributed by atoms with Gasteiger partial charge in [-0.3, -0.25) is 0 Å². The zero-order valence-electron chi connectivity index (χ0n) is 23.7. The summed E-state index contributed by atoms with van der Waals surface area (Å²) in [6, 6.07) is 58.3. The summed E-state index contributed by atoms with van der Waals surface area (Å²) in [6.07, 6.45) is 0.998. The van der Waals surface area contributed by atoms with Crippen LogP contribution in [-0.2, 0) is 6.42 Å². The molecular formula is C43H28. The van der Waals surface area contributed by atoms with E-state index in [1.165, 1.54) is 88.0 Å². The first-order chi connectivity index (χ1) is 21.3. The third-order valence-corrected chi connectivity index (χ3v) is 9.25. The van der Waals surface area contributed by atoms with Crippen LogP contribution < -0.4 is 0 Å². The van der Waals surface area contributed by atoms with Crippen LogP contribution in [0.5, 0.6) is 0 Å². The highest BCUT2D eigenvalue weighted by Gasteiger charge is 2.23. The first-order valence-corrected chi connectivity index (χ1v) is 15.1. The number of rotatable bonds is 3. The van der Waals surface area contributed by atoms with E-state index in [0.29, 0.717) is 0 Å². The molecule has 9 rings (SSSR count). The molecule has 0 aliphatic heterocycles. The normalized spacial score (nSPS) is 12.1. The predicted octanol–water partition coefficient (Wildman–Crippen LogP) is 11.7. The molecule has 0 aromatic heterocycles. The molecule has 0 N–H and O–H groups in total. The third-order valence-electron chi connectivity index (χ3n) is 9.25. The van der Waals surface area contributed by atoms with Gasteiger partial charge in [-0.2, -0.15) is 0 Å². The van der Waals surface area contributed by atoms with E-state index in [1.807, 2.05) is 0 Å². The smallest absolute Gasteiger partial charge is 0.00132 e. The largest absolute Gasteiger partial charge is 0.0622 e. The van der Waals surface area contributed by atoms with Crippen molar-refractivity contribution in [2.24, 2.45) is 0 Å². The van der Waals surface area contributed by atoms with Crippen LogP contribution in [-0.4, -0.2) is 0 Å². The minimum absolute atomic E-state index is 0.998. The highest BCUT2D eigenvalue weighted by Crippen LogP contribution is 2.47. The Morgan fingerprint density at radius 1 is 0.302 bits per heavy atom. The number of hydrogen-bond donors (Lipinski definition) is 0. The van der Waals surface area contributed by atoms with Crippen molar-refractivity contribution in [3.63, 3.8) is 0 Å². The molecule has 0 nitrogen and oxygen atoms in total. The zero-order valence-corrected chi connectivity index (χ0v) is 23.7. The summed E-state index contributed by atoms with van der Waals surface area (Å²) < 4.78 is 0. The van der Waals surface area contributed by atoms with E-state index in [2.05, 4.69) is 158 Å². The average molecular weight is 545 g/mol. The van der Waals surface area contributed by atoms with E-state index in [9.17, 15) is 0 Å². The molecule has 0 saturated heterocycles. The van der Waals surface area contributed by atoms with Gasteiger partial charge in [-0.15, -0.1) is 0 Å². The third kappa shape index (κ3) is 3.77. The fourth-order valence-electron chi connectivity index (χ4n) is 7.35. The maximum absolute atomic E-state index is 2.45. The highest BCUT2D eigenvalue weighted by atomic mass is 14.3. The lowest BCUT2D eigenvalue weighted by atomic mass is 9.84. The van der Waals surface area contributed by atoms with Gasteiger partial charge in [-0.25, -0.2) is 0 Å². The first kappa shape index (κ1) is 24.2. The molecule has 8 aromatic rings. The fraction of sp³-hybridized carbons (Fsp3) is 0.0233. The van der Waals surface area contributed by atoms with Crippen LogP contribution in [0.3, 0.4) is 0 Å². The van der Waals surface area contributed by atoms with E-state index in [1.54, 1.807) is 0 Å². The summed E-state index contributed by atoms with van der Waals surface area (Å²) in [7, 11) is 0. The summed E-state index contributed by atoms with van der Waals surface area (Å²) in [5, 5.41) is 7.66. The molecule has 0 saturated carbocycles. The SMILES string of the molecule is c1ccc(-c2c3ccccc3c(-c3ccc4ccccc4c3)c3cc(-c4cccc5c4-c4ccccc4C5)ccc23)cc1. The molecule has 0 heterocycles. The van der Waals surface area contributed by atoms with Crippen LogP contribution in [0.4, 0.5) is 0 Å². The first-order valence-electron chi connectivity index (χ1n) is 15.1. The molecule has 0 unspecified atom stereocenters. The molecular weight excluding hydrogens is 516 g/mol. The van der Waals surface area contributed by atoms with Gasteiger partial charge in [0.05, 0.1) is 0 Å². The van der Waals surface area contributed by atoms with Gasteiger partial charge >= 0.3 is 0 Å². The molecule has 0 radical (unpaired) electrons. The van der Waals surface area contributed by atoms with Gasteiger partial charge in [0.1, 0.15) is 0 Å². The number of fused-ring (bicyclic) bond motifs is 6. The Morgan fingerprint density at radius 3 is 1.79 bits per heavy atom. The second kappa shape index (κ2) is 9.54. The van der Waals surface area contributed by atoms with Crippen LogP contribution in [0.15, 0.2) is 158 Å². The molecule has 43 heavy (non-hydrogen) atoms. The minimum atomic E-state index is 0.998. The van der Waals surface area contributed by atoms with Gasteiger partial charge in [0.2, 0.25) is 0 Å². The summed E-state index contributed by atoms with van der Waals surface area (Å²) in [5.74, 6) is 0. The van der Waals surface area contributed by atoms with Gasteiger partial charge in [0.15, 0.2) is 0 Å². The minimum Gasteiger partial charge on any atom is -0.0622 e. The van der Waals surface area contributed by atoms with Crippen LogP contribution in [0, 0.1) is 0 Å². The Balaban J connectivity index is 1.40. The van der Waals surface area contributed by atoms with Gasteiger partial charge in [-0.1, -0.05) is 146 Å². The molecule has 1 aliphatic carbocycles. The topological polar surface area (TPSA) is 0 Å². The Bertz CT molecular complexity index is 2360. The molecule has 0 atom stereocenters. The van der Waals surface area contributed by atoms with Crippen molar-refractivity contribution in [2.45, 2.75) is 6.42 Å². The van der Waals surface area contributed by atoms with Crippen molar-refractivity contribution in [1.29, 1.82) is 0 Å². The molecule has 200 valence electrons. The van der Waals surface area contributed by atoms with E-state index >= 15 is 0 Å². The molecule has 0 amide bonds. The van der Waals surface area contributed by atoms with Crippen molar-refractivity contribution in [1.82, 2.24) is 0 Å². The van der Waals surface area contributed by atoms with Crippen molar-refractivity contribution in [2.75, 3.05) is 0 Å². The Hall–Kier alpha value is -5.46. The van der Waals surface area contributed by atoms with Crippen LogP contribution in [0.1, 0.15) is 11.1 Å². The van der Waals surface area contributed by atoms with E-state index in [0.717, 1.165) is 6.42 Å². The monoisotopic (exact) mass is 544 g/mol. The fourth-order valence-corrected chi connectivity index (χ4v) is 7.35. The standard InChI is InChI=1S/C43H28/c1-2-12-29(13-3-1)41-37-18-8-9-19-38(37)43(34-22-21-28-11-4-5-14-30(28)25-34)40-27-32(23-24-39(40)41)36-20-10-16-33-26-31-15-6-7-17-35(31)42(33)36/h1-25,27H,26H2. The lowest BCUT2D eigenvalue weighted by Gasteiger charge is -2.19. The van der Waals surface area contributed by atoms with Crippen molar-refractivity contribution >= 4 is 32.3 Å². The Labute approximate surface area is 251 Å². The second-order valence-corrected chi connectivity index (χ2v) is 11.7. The zero-order chi connectivity index (χ0) is 28.3. The molecule has 0 bridgehead atoms. The lowest BCUT2D eigenvalue weighted by Crippen LogP contribution is -1.92. The van der Waals surface area contributed by atoms with Crippen molar-refractivity contribution in [3.05, 3.63) is 169 Å². The molecule has 0 heteroatoms. The number of hydrogen-bond acceptors (Lipinski definition) is 0. The summed E-state index contributed by atoms with van der Waals surface area (Å²) in [4.78, 5) is 0. The average Bonchev–Trinajstić information content (AvgIpc) is 3.46. The van der Waals surface area contributed by atoms with Gasteiger partial charge < -0.3 is 0 Å². The molecule has 1 aliphatic rings. The predicted molar refractivity (Wildman–Crippen MR) is 184 cm³/mol. The van der Waals surface area contributed by atoms with E-state index in [4.69, 9.17) is 0 Å². The second-order valence-electron chi connectivity index (χ2n) is 11.7. The Kier molecular flexibility index (Phi) is 5.36. The molecule has 0 fully saturated rings. The molecule has 8 aromatic carbocycles. The quantitative estimate of drug-likeness (QED) is 0.194.